The molecule has 90 valence electrons. The van der Waals surface area contributed by atoms with E-state index in [1.165, 1.54) is 0 Å². The van der Waals surface area contributed by atoms with Crippen molar-refractivity contribution in [2.45, 2.75) is 12.8 Å². The maximum Gasteiger partial charge on any atom is 0 e. The molecule has 1 fully saturated rings. The van der Waals surface area contributed by atoms with E-state index in [-0.39, 0.29) is 17.1 Å². The van der Waals surface area contributed by atoms with Crippen molar-refractivity contribution in [1.29, 1.82) is 0 Å². The minimum Gasteiger partial charge on any atom is -0.718 e. The summed E-state index contributed by atoms with van der Waals surface area (Å²) in [5, 5.41) is 0. The first-order valence-electron chi connectivity index (χ1n) is 5.30. The Morgan fingerprint density at radius 1 is 1.12 bits per heavy atom. The van der Waals surface area contributed by atoms with Gasteiger partial charge >= 0.3 is 0 Å². The van der Waals surface area contributed by atoms with Crippen molar-refractivity contribution in [3.05, 3.63) is 60.2 Å². The first kappa shape index (κ1) is 13.0. The number of ketones is 1. The first-order chi connectivity index (χ1) is 7.38. The maximum atomic E-state index is 11.3. The van der Waals surface area contributed by atoms with Crippen LogP contribution in [0.3, 0.4) is 0 Å². The fraction of sp³-hybridized carbons (Fsp3) is 0.214. The molecule has 0 aromatic heterocycles. The zero-order valence-corrected chi connectivity index (χ0v) is 10.1. The van der Waals surface area contributed by atoms with E-state index in [1.807, 2.05) is 54.6 Å². The van der Waals surface area contributed by atoms with Gasteiger partial charge < -0.3 is 34.6 Å². The van der Waals surface area contributed by atoms with Crippen LogP contribution in [0.5, 0.6) is 0 Å². The molecule has 0 N–H and O–H groups in total. The van der Waals surface area contributed by atoms with Gasteiger partial charge in [0.05, 0.1) is 0 Å². The van der Waals surface area contributed by atoms with E-state index in [9.17, 15) is 4.79 Å². The van der Waals surface area contributed by atoms with Crippen molar-refractivity contribution in [2.24, 2.45) is 5.92 Å². The van der Waals surface area contributed by atoms with Crippen LogP contribution in [0.15, 0.2) is 54.6 Å². The molecule has 16 heavy (non-hydrogen) atoms. The van der Waals surface area contributed by atoms with Gasteiger partial charge in [-0.15, -0.1) is 5.92 Å². The summed E-state index contributed by atoms with van der Waals surface area (Å²) in [6.07, 6.45) is 2.20. The van der Waals surface area contributed by atoms with Gasteiger partial charge in [0, 0.05) is 17.1 Å². The maximum absolute atomic E-state index is 11.3. The minimum absolute atomic E-state index is 0. The number of rotatable bonds is 2. The summed E-state index contributed by atoms with van der Waals surface area (Å²) < 4.78 is 0. The number of hydrogen-bond donors (Lipinski definition) is 0. The third-order valence-electron chi connectivity index (χ3n) is 2.45. The summed E-state index contributed by atoms with van der Waals surface area (Å²) in [6.45, 7) is 0. The molecule has 0 heterocycles. The Kier molecular flexibility index (Phi) is 5.24. The Balaban J connectivity index is 0.000000183. The molecule has 0 amide bonds. The van der Waals surface area contributed by atoms with Gasteiger partial charge in [-0.05, 0) is 0 Å². The van der Waals surface area contributed by atoms with Crippen LogP contribution >= 0.6 is 0 Å². The molecule has 0 atom stereocenters. The fourth-order valence-electron chi connectivity index (χ4n) is 1.44. The molecular weight excluding hydrogens is 240 g/mol. The Bertz CT molecular complexity index is 365. The number of hydrogen-bond acceptors (Lipinski definition) is 1. The average molecular weight is 254 g/mol. The summed E-state index contributed by atoms with van der Waals surface area (Å²) >= 11 is 0. The molecule has 1 saturated carbocycles. The molecule has 3 rings (SSSR count). The van der Waals surface area contributed by atoms with Gasteiger partial charge in [-0.2, -0.15) is 18.2 Å². The SMILES string of the molecule is O=C([c-]1[cH-][cH-][cH-][cH-]1)C1CC1.[Fe].c1cc[cH-]c1. The van der Waals surface area contributed by atoms with E-state index in [2.05, 4.69) is 0 Å². The summed E-state index contributed by atoms with van der Waals surface area (Å²) in [5.74, 6) is 0.701. The van der Waals surface area contributed by atoms with Crippen LogP contribution in [-0.2, 0) is 17.1 Å². The summed E-state index contributed by atoms with van der Waals surface area (Å²) in [7, 11) is 0. The molecule has 1 nitrogen and oxygen atoms in total. The molecule has 2 aromatic rings. The van der Waals surface area contributed by atoms with Crippen LogP contribution in [0.1, 0.15) is 23.2 Å². The fourth-order valence-corrected chi connectivity index (χ4v) is 1.44. The van der Waals surface area contributed by atoms with Crippen molar-refractivity contribution in [2.75, 3.05) is 0 Å². The van der Waals surface area contributed by atoms with Crippen LogP contribution in [-0.4, -0.2) is 5.78 Å². The van der Waals surface area contributed by atoms with Crippen LogP contribution < -0.4 is 0 Å². The molecule has 0 radical (unpaired) electrons. The summed E-state index contributed by atoms with van der Waals surface area (Å²) in [4.78, 5) is 11.3. The normalized spacial score (nSPS) is 13.2. The topological polar surface area (TPSA) is 17.1 Å². The first-order valence-corrected chi connectivity index (χ1v) is 5.30. The predicted octanol–water partition coefficient (Wildman–Crippen LogP) is 3.40. The van der Waals surface area contributed by atoms with E-state index >= 15 is 0 Å². The van der Waals surface area contributed by atoms with Crippen molar-refractivity contribution in [1.82, 2.24) is 0 Å². The Labute approximate surface area is 107 Å². The van der Waals surface area contributed by atoms with E-state index in [0.717, 1.165) is 18.4 Å². The molecule has 1 aliphatic rings. The molecule has 2 aromatic carbocycles. The second-order valence-corrected chi connectivity index (χ2v) is 3.77. The van der Waals surface area contributed by atoms with Crippen molar-refractivity contribution < 1.29 is 21.9 Å². The van der Waals surface area contributed by atoms with Crippen molar-refractivity contribution >= 4 is 5.78 Å². The van der Waals surface area contributed by atoms with Crippen molar-refractivity contribution in [3.63, 3.8) is 0 Å². The monoisotopic (exact) mass is 254 g/mol. The largest absolute Gasteiger partial charge is 0.718 e. The van der Waals surface area contributed by atoms with Crippen LogP contribution in [0, 0.1) is 5.92 Å². The van der Waals surface area contributed by atoms with Gasteiger partial charge in [0.2, 0.25) is 0 Å². The molecule has 1 aliphatic carbocycles. The van der Waals surface area contributed by atoms with Crippen LogP contribution in [0.4, 0.5) is 0 Å². The van der Waals surface area contributed by atoms with Gasteiger partial charge in [-0.25, -0.2) is 12.1 Å². The van der Waals surface area contributed by atoms with Crippen molar-refractivity contribution in [3.8, 4) is 0 Å². The zero-order valence-electron chi connectivity index (χ0n) is 8.95. The molecule has 0 unspecified atom stereocenters. The second-order valence-electron chi connectivity index (χ2n) is 3.77. The smallest absolute Gasteiger partial charge is 0 e. The second kappa shape index (κ2) is 6.47. The molecule has 0 bridgehead atoms. The molecule has 0 saturated heterocycles. The predicted molar refractivity (Wildman–Crippen MR) is 61.1 cm³/mol. The van der Waals surface area contributed by atoms with Crippen LogP contribution in [0.25, 0.3) is 0 Å². The van der Waals surface area contributed by atoms with Gasteiger partial charge in [0.25, 0.3) is 0 Å². The standard InChI is InChI=1S/C9H9O.C5H5.Fe/c10-9(8-5-6-8)7-3-1-2-4-7;1-2-4-5-3-1;/h1-4,8H,5-6H2;1-5H;/q-5;-1;. The van der Waals surface area contributed by atoms with Crippen LogP contribution in [0.2, 0.25) is 0 Å². The summed E-state index contributed by atoms with van der Waals surface area (Å²) in [5.41, 5.74) is 0.891. The average Bonchev–Trinajstić information content (AvgIpc) is 2.80. The van der Waals surface area contributed by atoms with E-state index in [1.54, 1.807) is 0 Å². The van der Waals surface area contributed by atoms with Gasteiger partial charge in [-0.1, -0.05) is 12.8 Å². The summed E-state index contributed by atoms with van der Waals surface area (Å²) in [6, 6.07) is 17.6. The number of carbonyl (C=O) groups excluding carboxylic acids is 1. The van der Waals surface area contributed by atoms with Gasteiger partial charge in [-0.3, -0.25) is 5.78 Å². The quantitative estimate of drug-likeness (QED) is 0.456. The van der Waals surface area contributed by atoms with Gasteiger partial charge in [0.1, 0.15) is 0 Å². The van der Waals surface area contributed by atoms with E-state index in [4.69, 9.17) is 0 Å². The number of carbonyl (C=O) groups is 1. The van der Waals surface area contributed by atoms with E-state index in [0.29, 0.717) is 11.7 Å². The Morgan fingerprint density at radius 3 is 2.06 bits per heavy atom. The Hall–Kier alpha value is -1.11. The Morgan fingerprint density at radius 2 is 1.69 bits per heavy atom. The molecule has 0 spiro atoms. The van der Waals surface area contributed by atoms with E-state index < -0.39 is 0 Å². The molecule has 2 heteroatoms. The third kappa shape index (κ3) is 3.80. The molecular formula is C14H14FeO-6. The third-order valence-corrected chi connectivity index (χ3v) is 2.45. The zero-order chi connectivity index (χ0) is 10.5. The minimum atomic E-state index is 0. The molecule has 0 aliphatic heterocycles. The number of Topliss-reactive ketones (excluding diaryl/α,β-unsaturated/α-hetero) is 1. The van der Waals surface area contributed by atoms with Gasteiger partial charge in [0.15, 0.2) is 0 Å².